The first kappa shape index (κ1) is 24.4. The van der Waals surface area contributed by atoms with Gasteiger partial charge in [0.05, 0.1) is 11.5 Å². The van der Waals surface area contributed by atoms with Crippen LogP contribution in [0.2, 0.25) is 0 Å². The molecule has 0 saturated heterocycles. The predicted molar refractivity (Wildman–Crippen MR) is 69.9 cm³/mol. The van der Waals surface area contributed by atoms with Crippen molar-refractivity contribution in [2.24, 2.45) is 0 Å². The molecular weight excluding hydrogens is 322 g/mol. The maximum absolute atomic E-state index is 11.0. The second kappa shape index (κ2) is 11.6. The van der Waals surface area contributed by atoms with Crippen molar-refractivity contribution in [3.63, 3.8) is 0 Å². The molecular formula is C15H12Na2O6. The summed E-state index contributed by atoms with van der Waals surface area (Å²) in [5, 5.41) is 21.1. The number of aryl methyl sites for hydroxylation is 1. The van der Waals surface area contributed by atoms with Crippen molar-refractivity contribution in [2.75, 3.05) is 0 Å². The van der Waals surface area contributed by atoms with E-state index >= 15 is 0 Å². The van der Waals surface area contributed by atoms with Crippen LogP contribution in [0.3, 0.4) is 0 Å². The van der Waals surface area contributed by atoms with Crippen molar-refractivity contribution in [1.82, 2.24) is 0 Å². The summed E-state index contributed by atoms with van der Waals surface area (Å²) in [7, 11) is 0. The van der Waals surface area contributed by atoms with E-state index in [1.807, 2.05) is 0 Å². The summed E-state index contributed by atoms with van der Waals surface area (Å²) < 4.78 is 4.57. The molecule has 0 radical (unpaired) electrons. The number of benzene rings is 1. The summed E-state index contributed by atoms with van der Waals surface area (Å²) in [6.45, 7) is 2.63. The van der Waals surface area contributed by atoms with E-state index in [1.54, 1.807) is 18.2 Å². The standard InChI is InChI=1S/C8H8O4.C7H6O2.2Na/c1-4-3-6(10)7(5(2)9)8(11)12-4;8-7(9)6-4-2-1-3-5-6;;/h3,10H,1-2H3;1-5H,(H,8,9);;/q;;2*+1/p-2. The molecule has 110 valence electrons. The average Bonchev–Trinajstić information content (AvgIpc) is 2.38. The number of hydrogen-bond acceptors (Lipinski definition) is 6. The number of carbonyl (C=O) groups is 2. The van der Waals surface area contributed by atoms with E-state index in [0.717, 1.165) is 13.0 Å². The van der Waals surface area contributed by atoms with Crippen molar-refractivity contribution in [1.29, 1.82) is 0 Å². The van der Waals surface area contributed by atoms with Gasteiger partial charge in [-0.15, -0.1) is 0 Å². The van der Waals surface area contributed by atoms with Gasteiger partial charge in [-0.05, 0) is 25.5 Å². The molecule has 8 heteroatoms. The molecule has 0 spiro atoms. The number of aromatic carboxylic acids is 1. The van der Waals surface area contributed by atoms with Crippen LogP contribution in [0.4, 0.5) is 0 Å². The van der Waals surface area contributed by atoms with E-state index in [0.29, 0.717) is 0 Å². The minimum absolute atomic E-state index is 0. The summed E-state index contributed by atoms with van der Waals surface area (Å²) in [5.41, 5.74) is -1.04. The fourth-order valence-electron chi connectivity index (χ4n) is 1.48. The van der Waals surface area contributed by atoms with E-state index in [2.05, 4.69) is 4.42 Å². The van der Waals surface area contributed by atoms with Gasteiger partial charge in [0.15, 0.2) is 5.78 Å². The Labute approximate surface area is 177 Å². The molecule has 0 aliphatic heterocycles. The summed E-state index contributed by atoms with van der Waals surface area (Å²) in [6, 6.07) is 9.19. The van der Waals surface area contributed by atoms with E-state index in [4.69, 9.17) is 0 Å². The van der Waals surface area contributed by atoms with Gasteiger partial charge in [-0.3, -0.25) is 4.79 Å². The van der Waals surface area contributed by atoms with Crippen molar-refractivity contribution in [3.8, 4) is 5.75 Å². The Hall–Kier alpha value is -0.890. The molecule has 0 fully saturated rings. The Morgan fingerprint density at radius 1 is 1.09 bits per heavy atom. The number of carbonyl (C=O) groups excluding carboxylic acids is 2. The summed E-state index contributed by atoms with van der Waals surface area (Å²) in [6.07, 6.45) is 0. The first-order valence-electron chi connectivity index (χ1n) is 5.92. The first-order valence-corrected chi connectivity index (χ1v) is 5.92. The van der Waals surface area contributed by atoms with Gasteiger partial charge in [-0.1, -0.05) is 36.1 Å². The van der Waals surface area contributed by atoms with Gasteiger partial charge in [0.1, 0.15) is 5.76 Å². The smallest absolute Gasteiger partial charge is 0.872 e. The second-order valence-electron chi connectivity index (χ2n) is 4.09. The van der Waals surface area contributed by atoms with Crippen LogP contribution in [-0.4, -0.2) is 11.8 Å². The van der Waals surface area contributed by atoms with Crippen LogP contribution in [0.1, 0.15) is 33.4 Å². The Balaban J connectivity index is 0. The molecule has 0 amide bonds. The van der Waals surface area contributed by atoms with E-state index in [-0.39, 0.29) is 70.4 Å². The second-order valence-corrected chi connectivity index (χ2v) is 4.09. The van der Waals surface area contributed by atoms with Gasteiger partial charge in [0, 0.05) is 0 Å². The molecule has 1 aromatic carbocycles. The molecule has 0 saturated carbocycles. The van der Waals surface area contributed by atoms with Gasteiger partial charge in [-0.2, -0.15) is 0 Å². The van der Waals surface area contributed by atoms with Crippen LogP contribution in [0, 0.1) is 6.92 Å². The van der Waals surface area contributed by atoms with E-state index < -0.39 is 28.7 Å². The third-order valence-electron chi connectivity index (χ3n) is 2.40. The zero-order valence-electron chi connectivity index (χ0n) is 13.4. The Kier molecular flexibility index (Phi) is 12.3. The summed E-state index contributed by atoms with van der Waals surface area (Å²) in [5.74, 6) is -2.05. The quantitative estimate of drug-likeness (QED) is 0.400. The molecule has 6 nitrogen and oxygen atoms in total. The zero-order chi connectivity index (χ0) is 16.0. The number of hydrogen-bond donors (Lipinski definition) is 0. The van der Waals surface area contributed by atoms with Gasteiger partial charge >= 0.3 is 64.7 Å². The third kappa shape index (κ3) is 7.97. The number of rotatable bonds is 2. The maximum Gasteiger partial charge on any atom is 1.00 e. The Morgan fingerprint density at radius 3 is 1.96 bits per heavy atom. The average molecular weight is 334 g/mol. The van der Waals surface area contributed by atoms with Crippen LogP contribution in [-0.2, 0) is 0 Å². The fourth-order valence-corrected chi connectivity index (χ4v) is 1.48. The minimum Gasteiger partial charge on any atom is -0.872 e. The molecule has 0 unspecified atom stereocenters. The Morgan fingerprint density at radius 2 is 1.61 bits per heavy atom. The van der Waals surface area contributed by atoms with Crippen molar-refractivity contribution in [3.05, 3.63) is 63.7 Å². The fraction of sp³-hybridized carbons (Fsp3) is 0.133. The molecule has 0 aliphatic carbocycles. The number of ketones is 1. The minimum atomic E-state index is -1.13. The molecule has 0 atom stereocenters. The largest absolute Gasteiger partial charge is 1.00 e. The Bertz CT molecular complexity index is 710. The van der Waals surface area contributed by atoms with Crippen molar-refractivity contribution in [2.45, 2.75) is 13.8 Å². The monoisotopic (exact) mass is 334 g/mol. The third-order valence-corrected chi connectivity index (χ3v) is 2.40. The van der Waals surface area contributed by atoms with Gasteiger partial charge < -0.3 is 19.4 Å². The molecule has 0 aliphatic rings. The molecule has 2 aromatic rings. The number of carboxylic acid groups (broad SMARTS) is 1. The maximum atomic E-state index is 11.0. The van der Waals surface area contributed by atoms with Crippen molar-refractivity contribution < 1.29 is 83.3 Å². The van der Waals surface area contributed by atoms with Crippen LogP contribution in [0.5, 0.6) is 5.75 Å². The van der Waals surface area contributed by atoms with Gasteiger partial charge in [0.25, 0.3) is 0 Å². The molecule has 1 heterocycles. The number of Topliss-reactive ketones (excluding diaryl/α,β-unsaturated/α-hetero) is 1. The van der Waals surface area contributed by atoms with Gasteiger partial charge in [0.2, 0.25) is 0 Å². The van der Waals surface area contributed by atoms with Crippen LogP contribution >= 0.6 is 0 Å². The predicted octanol–water partition coefficient (Wildman–Crippen LogP) is -5.72. The molecule has 2 rings (SSSR count). The van der Waals surface area contributed by atoms with Crippen LogP contribution < -0.4 is 75.0 Å². The van der Waals surface area contributed by atoms with Crippen molar-refractivity contribution >= 4 is 11.8 Å². The normalized spacial score (nSPS) is 8.61. The molecule has 1 aromatic heterocycles. The SMILES string of the molecule is CC(=O)c1c([O-])cc(C)oc1=O.O=C([O-])c1ccccc1.[Na+].[Na+]. The van der Waals surface area contributed by atoms with Gasteiger partial charge in [-0.25, -0.2) is 4.79 Å². The molecule has 23 heavy (non-hydrogen) atoms. The van der Waals surface area contributed by atoms with E-state index in [9.17, 15) is 24.6 Å². The zero-order valence-corrected chi connectivity index (χ0v) is 17.4. The van der Waals surface area contributed by atoms with Crippen LogP contribution in [0.15, 0.2) is 45.6 Å². The van der Waals surface area contributed by atoms with Crippen LogP contribution in [0.25, 0.3) is 0 Å². The van der Waals surface area contributed by atoms with E-state index in [1.165, 1.54) is 19.1 Å². The number of carboxylic acids is 1. The molecule has 0 N–H and O–H groups in total. The topological polar surface area (TPSA) is 110 Å². The summed E-state index contributed by atoms with van der Waals surface area (Å²) >= 11 is 0. The first-order chi connectivity index (χ1) is 9.82. The summed E-state index contributed by atoms with van der Waals surface area (Å²) in [4.78, 5) is 31.7. The molecule has 0 bridgehead atoms.